The van der Waals surface area contributed by atoms with Crippen molar-refractivity contribution in [3.05, 3.63) is 0 Å². The van der Waals surface area contributed by atoms with E-state index < -0.39 is 0 Å². The molecule has 8 aromatic rings. The van der Waals surface area contributed by atoms with Crippen molar-refractivity contribution in [2.24, 2.45) is 0 Å². The summed E-state index contributed by atoms with van der Waals surface area (Å²) in [7, 11) is 174. The summed E-state index contributed by atoms with van der Waals surface area (Å²) in [5, 5.41) is 0.413. The van der Waals surface area contributed by atoms with Gasteiger partial charge in [-0.1, -0.05) is 98.3 Å². The number of fused-ring (bicyclic) bond motifs is 4. The average Bonchev–Trinajstić information content (AvgIpc) is 3.28. The molecule has 0 aliphatic carbocycles. The van der Waals surface area contributed by atoms with E-state index in [1.54, 1.807) is 0 Å². The number of hydrogen-bond acceptors (Lipinski definition) is 0. The Morgan fingerprint density at radius 2 is 0.212 bits per heavy atom. The molecule has 0 amide bonds. The van der Waals surface area contributed by atoms with Gasteiger partial charge in [0.05, 0.1) is 0 Å². The third kappa shape index (κ3) is 6.29. The molecule has 0 spiro atoms. The van der Waals surface area contributed by atoms with Crippen LogP contribution in [0.1, 0.15) is 0 Å². The highest BCUT2D eigenvalue weighted by Crippen LogP contribution is 2.39. The van der Waals surface area contributed by atoms with Gasteiger partial charge in [-0.3, -0.25) is 0 Å². The minimum atomic E-state index is -0.249. The van der Waals surface area contributed by atoms with E-state index >= 15 is 0 Å². The van der Waals surface area contributed by atoms with Gasteiger partial charge in [0.15, 0.2) is 0 Å². The topological polar surface area (TPSA) is 0 Å². The zero-order valence-electron chi connectivity index (χ0n) is 35.0. The third-order valence-corrected chi connectivity index (χ3v) is 12.8. The van der Waals surface area contributed by atoms with Gasteiger partial charge in [0.2, 0.25) is 0 Å². The minimum absolute atomic E-state index is 0.00446. The molecule has 0 atom stereocenters. The fourth-order valence-electron chi connectivity index (χ4n) is 9.21. The maximum absolute atomic E-state index is 7.09. The van der Waals surface area contributed by atoms with Crippen molar-refractivity contribution in [2.45, 2.75) is 0 Å². The zero-order valence-corrected chi connectivity index (χ0v) is 35.0. The van der Waals surface area contributed by atoms with E-state index in [4.69, 9.17) is 204 Å². The maximum Gasteiger partial charge on any atom is 0.115 e. The van der Waals surface area contributed by atoms with Gasteiger partial charge in [0, 0.05) is 0 Å². The molecule has 26 heteroatoms. The Morgan fingerprint density at radius 1 is 0.0909 bits per heavy atom. The molecular weight excluding hydrogens is 762 g/mol. The van der Waals surface area contributed by atoms with E-state index in [0.29, 0.717) is 0 Å². The summed E-state index contributed by atoms with van der Waals surface area (Å²) in [5.41, 5.74) is -3.82. The van der Waals surface area contributed by atoms with Crippen molar-refractivity contribution >= 4 is 389 Å². The molecule has 0 aliphatic rings. The Kier molecular flexibility index (Phi) is 12.3. The molecule has 0 saturated heterocycles. The summed E-state index contributed by atoms with van der Waals surface area (Å²) in [6, 6.07) is 0. The van der Waals surface area contributed by atoms with Gasteiger partial charge in [-0.25, -0.2) is 0 Å². The quantitative estimate of drug-likeness (QED) is 0.124. The van der Waals surface area contributed by atoms with Crippen molar-refractivity contribution in [1.82, 2.24) is 0 Å². The standard InChI is InChI=1S/C40B26/c41-15-7(21(47)27(53)13-10(15)29(55)37(63)39(65)31(13)57)1-3-5(19(45)35(61)33(59)17(3)43)2(6-4(1)18(44)34(60)36(62)20(6)46)8-22(48)25(51)12(26(52)23(8)49)9-16(42)11-14(28(54)24(9)50)32(58)40(66)38(64)30(11)56. The van der Waals surface area contributed by atoms with Crippen LogP contribution in [-0.4, -0.2) is 204 Å². The Balaban J connectivity index is 1.66. The van der Waals surface area contributed by atoms with Gasteiger partial charge >= 0.3 is 0 Å². The van der Waals surface area contributed by atoms with Crippen LogP contribution in [0.2, 0.25) is 0 Å². The molecule has 0 aliphatic heterocycles. The van der Waals surface area contributed by atoms with Crippen LogP contribution in [0, 0.1) is 0 Å². The van der Waals surface area contributed by atoms with Gasteiger partial charge in [-0.2, -0.15) is 0 Å². The highest BCUT2D eigenvalue weighted by Gasteiger charge is 2.30. The first kappa shape index (κ1) is 48.9. The van der Waals surface area contributed by atoms with Crippen LogP contribution < -0.4 is 142 Å². The fraction of sp³-hybridized carbons (Fsp3) is 0. The second-order valence-corrected chi connectivity index (χ2v) is 16.0. The predicted molar refractivity (Wildman–Crippen MR) is 313 cm³/mol. The molecular formula is C40B26. The summed E-state index contributed by atoms with van der Waals surface area (Å²) in [4.78, 5) is 0. The second-order valence-electron chi connectivity index (χ2n) is 16.0. The summed E-state index contributed by atoms with van der Waals surface area (Å²) in [5.74, 6) is 0. The largest absolute Gasteiger partial charge is 0.115 e. The van der Waals surface area contributed by atoms with E-state index in [2.05, 4.69) is 0 Å². The van der Waals surface area contributed by atoms with E-state index in [1.165, 1.54) is 0 Å². The third-order valence-electron chi connectivity index (χ3n) is 12.8. The van der Waals surface area contributed by atoms with Crippen LogP contribution in [0.4, 0.5) is 0 Å². The molecule has 66 heavy (non-hydrogen) atoms. The molecule has 0 saturated carbocycles. The van der Waals surface area contributed by atoms with Crippen LogP contribution in [0.15, 0.2) is 0 Å². The molecule has 8 aromatic carbocycles. The molecule has 238 valence electrons. The highest BCUT2D eigenvalue weighted by molar-refractivity contribution is 6.77. The average molecular weight is 762 g/mol. The highest BCUT2D eigenvalue weighted by atomic mass is 14.3. The van der Waals surface area contributed by atoms with Gasteiger partial charge < -0.3 is 0 Å². The lowest BCUT2D eigenvalue weighted by atomic mass is 9.55. The van der Waals surface area contributed by atoms with E-state index in [-0.39, 0.29) is 219 Å². The Bertz CT molecular complexity index is 3540. The normalized spacial score (nSPS) is 11.7. The Labute approximate surface area is 419 Å². The first-order chi connectivity index (χ1) is 30.7. The molecule has 52 radical (unpaired) electrons. The Morgan fingerprint density at radius 3 is 0.439 bits per heavy atom. The van der Waals surface area contributed by atoms with Crippen LogP contribution >= 0.6 is 0 Å². The van der Waals surface area contributed by atoms with Crippen LogP contribution in [-0.2, 0) is 0 Å². The summed E-state index contributed by atoms with van der Waals surface area (Å²) < 4.78 is 0. The first-order valence-corrected chi connectivity index (χ1v) is 19.3. The van der Waals surface area contributed by atoms with Gasteiger partial charge in [0.25, 0.3) is 0 Å². The van der Waals surface area contributed by atoms with Crippen molar-refractivity contribution in [3.8, 4) is 33.4 Å². The molecule has 0 fully saturated rings. The van der Waals surface area contributed by atoms with E-state index in [9.17, 15) is 0 Å². The maximum atomic E-state index is 7.09. The summed E-state index contributed by atoms with van der Waals surface area (Å²) >= 11 is 0. The van der Waals surface area contributed by atoms with Crippen molar-refractivity contribution < 1.29 is 0 Å². The molecule has 0 heterocycles. The molecule has 0 nitrogen and oxygen atoms in total. The molecule has 8 rings (SSSR count). The van der Waals surface area contributed by atoms with Crippen LogP contribution in [0.25, 0.3) is 76.5 Å². The number of rotatable bonds is 3. The van der Waals surface area contributed by atoms with E-state index in [0.717, 1.165) is 0 Å². The lowest BCUT2D eigenvalue weighted by Gasteiger charge is -2.33. The second kappa shape index (κ2) is 16.6. The smallest absolute Gasteiger partial charge is 0.110 e. The van der Waals surface area contributed by atoms with Crippen LogP contribution in [0.3, 0.4) is 0 Å². The van der Waals surface area contributed by atoms with Crippen molar-refractivity contribution in [1.29, 1.82) is 0 Å². The number of hydrogen-bond donors (Lipinski definition) is 0. The fourth-order valence-corrected chi connectivity index (χ4v) is 9.21. The molecule has 0 N–H and O–H groups in total. The van der Waals surface area contributed by atoms with Gasteiger partial charge in [0.1, 0.15) is 204 Å². The summed E-state index contributed by atoms with van der Waals surface area (Å²) in [6.45, 7) is 0. The Hall–Kier alpha value is -3.51. The lowest BCUT2D eigenvalue weighted by Crippen LogP contribution is -2.53. The molecule has 0 bridgehead atoms. The van der Waals surface area contributed by atoms with Gasteiger partial charge in [-0.15, -0.1) is 43.7 Å². The van der Waals surface area contributed by atoms with Gasteiger partial charge in [-0.05, 0) is 76.5 Å². The van der Waals surface area contributed by atoms with Crippen LogP contribution in [0.5, 0.6) is 0 Å². The van der Waals surface area contributed by atoms with Crippen molar-refractivity contribution in [2.75, 3.05) is 0 Å². The van der Waals surface area contributed by atoms with E-state index in [1.807, 2.05) is 0 Å². The lowest BCUT2D eigenvalue weighted by molar-refractivity contribution is 1.83. The molecule has 0 unspecified atom stereocenters. The first-order valence-electron chi connectivity index (χ1n) is 19.3. The summed E-state index contributed by atoms with van der Waals surface area (Å²) in [6.07, 6.45) is 0. The number of benzene rings is 8. The monoisotopic (exact) mass is 766 g/mol. The SMILES string of the molecule is [B]c1c([B])c(-c2c3c([B])c([B])c([B])c([B])c3c(-c3c([B])c([B])c4c([B])c([B])c([B])c([B])c4c3[B])c3c([B])c([B])c([B])c([B])c23)c([B])c([B])c1-c1c([B])c([B])c2c([B])c([B])c([B])c([B])c2c1[B]. The minimum Gasteiger partial charge on any atom is -0.110 e. The predicted octanol–water partition coefficient (Wildman–Crippen LogP) is -20.1. The van der Waals surface area contributed by atoms with Crippen molar-refractivity contribution in [3.63, 3.8) is 0 Å². The molecule has 0 aromatic heterocycles. The zero-order chi connectivity index (χ0) is 49.1.